The topological polar surface area (TPSA) is 42.7 Å². The first kappa shape index (κ1) is 12.8. The van der Waals surface area contributed by atoms with E-state index < -0.39 is 0 Å². The van der Waals surface area contributed by atoms with E-state index in [1.165, 1.54) is 11.1 Å². The van der Waals surface area contributed by atoms with Crippen LogP contribution in [0.15, 0.2) is 18.2 Å². The largest absolute Gasteiger partial charge is 0.312 e. The van der Waals surface area contributed by atoms with Crippen molar-refractivity contribution in [2.45, 2.75) is 33.7 Å². The number of aryl methyl sites for hydroxylation is 1. The molecule has 0 aliphatic carbocycles. The van der Waals surface area contributed by atoms with Crippen LogP contribution in [0, 0.1) is 20.8 Å². The van der Waals surface area contributed by atoms with Crippen molar-refractivity contribution >= 4 is 0 Å². The van der Waals surface area contributed by atoms with E-state index in [0.717, 1.165) is 17.1 Å². The molecule has 1 atom stereocenters. The average molecular weight is 244 g/mol. The van der Waals surface area contributed by atoms with Crippen molar-refractivity contribution in [2.24, 2.45) is 0 Å². The van der Waals surface area contributed by atoms with Gasteiger partial charge in [0.1, 0.15) is 5.69 Å². The fourth-order valence-corrected chi connectivity index (χ4v) is 2.07. The van der Waals surface area contributed by atoms with E-state index in [0.29, 0.717) is 0 Å². The Labute approximate surface area is 108 Å². The number of benzene rings is 1. The van der Waals surface area contributed by atoms with Crippen LogP contribution in [0.1, 0.15) is 35.5 Å². The molecule has 2 rings (SSSR count). The minimum Gasteiger partial charge on any atom is -0.312 e. The Morgan fingerprint density at radius 1 is 1.22 bits per heavy atom. The Morgan fingerprint density at radius 3 is 2.61 bits per heavy atom. The SMILES string of the molecule is CNC(C)c1nnn(-c2cccc(C)c2C)c1C. The molecule has 0 radical (unpaired) electrons. The lowest BCUT2D eigenvalue weighted by Crippen LogP contribution is -2.14. The molecule has 0 bridgehead atoms. The maximum Gasteiger partial charge on any atom is 0.103 e. The van der Waals surface area contributed by atoms with Crippen LogP contribution in [-0.2, 0) is 0 Å². The van der Waals surface area contributed by atoms with Gasteiger partial charge in [-0.2, -0.15) is 0 Å². The maximum absolute atomic E-state index is 4.28. The molecule has 2 aromatic rings. The number of aromatic nitrogens is 3. The number of nitrogens with zero attached hydrogens (tertiary/aromatic N) is 3. The molecule has 1 unspecified atom stereocenters. The van der Waals surface area contributed by atoms with Crippen LogP contribution in [0.4, 0.5) is 0 Å². The van der Waals surface area contributed by atoms with Crippen LogP contribution in [0.3, 0.4) is 0 Å². The fourth-order valence-electron chi connectivity index (χ4n) is 2.07. The van der Waals surface area contributed by atoms with E-state index in [2.05, 4.69) is 61.5 Å². The number of hydrogen-bond acceptors (Lipinski definition) is 3. The van der Waals surface area contributed by atoms with E-state index in [9.17, 15) is 0 Å². The summed E-state index contributed by atoms with van der Waals surface area (Å²) in [5.74, 6) is 0. The second-order valence-electron chi connectivity index (χ2n) is 4.70. The first-order valence-corrected chi connectivity index (χ1v) is 6.22. The van der Waals surface area contributed by atoms with Crippen molar-refractivity contribution in [3.05, 3.63) is 40.7 Å². The molecule has 0 aliphatic rings. The third-order valence-electron chi connectivity index (χ3n) is 3.58. The fraction of sp³-hybridized carbons (Fsp3) is 0.429. The van der Waals surface area contributed by atoms with Crippen molar-refractivity contribution < 1.29 is 0 Å². The second kappa shape index (κ2) is 4.90. The van der Waals surface area contributed by atoms with Crippen molar-refractivity contribution in [3.63, 3.8) is 0 Å². The summed E-state index contributed by atoms with van der Waals surface area (Å²) in [6.45, 7) is 8.38. The zero-order valence-corrected chi connectivity index (χ0v) is 11.7. The molecule has 0 fully saturated rings. The summed E-state index contributed by atoms with van der Waals surface area (Å²) in [7, 11) is 1.93. The first-order chi connectivity index (χ1) is 8.56. The van der Waals surface area contributed by atoms with Gasteiger partial charge in [0.15, 0.2) is 0 Å². The molecule has 4 heteroatoms. The molecule has 0 aliphatic heterocycles. The summed E-state index contributed by atoms with van der Waals surface area (Å²) >= 11 is 0. The Kier molecular flexibility index (Phi) is 3.48. The van der Waals surface area contributed by atoms with Gasteiger partial charge in [0, 0.05) is 0 Å². The lowest BCUT2D eigenvalue weighted by molar-refractivity contribution is 0.627. The van der Waals surface area contributed by atoms with E-state index in [1.54, 1.807) is 0 Å². The molecule has 96 valence electrons. The van der Waals surface area contributed by atoms with Crippen LogP contribution in [0.2, 0.25) is 0 Å². The van der Waals surface area contributed by atoms with E-state index in [4.69, 9.17) is 0 Å². The summed E-state index contributed by atoms with van der Waals surface area (Å²) in [5.41, 5.74) is 5.71. The summed E-state index contributed by atoms with van der Waals surface area (Å²) in [5, 5.41) is 11.8. The third kappa shape index (κ3) is 2.04. The van der Waals surface area contributed by atoms with E-state index in [-0.39, 0.29) is 6.04 Å². The highest BCUT2D eigenvalue weighted by molar-refractivity contribution is 5.45. The van der Waals surface area contributed by atoms with Gasteiger partial charge in [-0.05, 0) is 51.9 Å². The highest BCUT2D eigenvalue weighted by atomic mass is 15.4. The molecule has 4 nitrogen and oxygen atoms in total. The van der Waals surface area contributed by atoms with E-state index in [1.807, 2.05) is 11.7 Å². The summed E-state index contributed by atoms with van der Waals surface area (Å²) in [6, 6.07) is 6.46. The number of nitrogens with one attached hydrogen (secondary N) is 1. The Hall–Kier alpha value is -1.68. The van der Waals surface area contributed by atoms with E-state index >= 15 is 0 Å². The molecule has 18 heavy (non-hydrogen) atoms. The predicted molar refractivity (Wildman–Crippen MR) is 73.0 cm³/mol. The molecule has 1 N–H and O–H groups in total. The van der Waals surface area contributed by atoms with Crippen LogP contribution < -0.4 is 5.32 Å². The van der Waals surface area contributed by atoms with Crippen molar-refractivity contribution in [2.75, 3.05) is 7.05 Å². The Morgan fingerprint density at radius 2 is 1.94 bits per heavy atom. The molecule has 0 amide bonds. The monoisotopic (exact) mass is 244 g/mol. The van der Waals surface area contributed by atoms with Crippen molar-refractivity contribution in [1.82, 2.24) is 20.3 Å². The zero-order valence-electron chi connectivity index (χ0n) is 11.7. The highest BCUT2D eigenvalue weighted by Gasteiger charge is 2.15. The van der Waals surface area contributed by atoms with Crippen LogP contribution in [0.25, 0.3) is 5.69 Å². The van der Waals surface area contributed by atoms with Gasteiger partial charge in [0.2, 0.25) is 0 Å². The van der Waals surface area contributed by atoms with Gasteiger partial charge in [-0.25, -0.2) is 4.68 Å². The standard InChI is InChI=1S/C14H20N4/c1-9-7-6-8-13(10(9)2)18-12(4)14(16-17-18)11(3)15-5/h6-8,11,15H,1-5H3. The molecule has 1 aromatic heterocycles. The summed E-state index contributed by atoms with van der Waals surface area (Å²) in [4.78, 5) is 0. The van der Waals surface area contributed by atoms with Crippen LogP contribution in [0.5, 0.6) is 0 Å². The summed E-state index contributed by atoms with van der Waals surface area (Å²) in [6.07, 6.45) is 0. The van der Waals surface area contributed by atoms with Gasteiger partial charge < -0.3 is 5.32 Å². The first-order valence-electron chi connectivity index (χ1n) is 6.22. The molecule has 0 spiro atoms. The Bertz CT molecular complexity index is 557. The molecule has 1 heterocycles. The van der Waals surface area contributed by atoms with Gasteiger partial charge in [-0.15, -0.1) is 5.10 Å². The smallest absolute Gasteiger partial charge is 0.103 e. The molecule has 1 aromatic carbocycles. The Balaban J connectivity index is 2.52. The second-order valence-corrected chi connectivity index (χ2v) is 4.70. The molecular formula is C14H20N4. The number of hydrogen-bond donors (Lipinski definition) is 1. The lowest BCUT2D eigenvalue weighted by Gasteiger charge is -2.11. The van der Waals surface area contributed by atoms with Gasteiger partial charge in [0.05, 0.1) is 17.4 Å². The van der Waals surface area contributed by atoms with Crippen LogP contribution in [-0.4, -0.2) is 22.0 Å². The quantitative estimate of drug-likeness (QED) is 0.902. The normalized spacial score (nSPS) is 12.7. The third-order valence-corrected chi connectivity index (χ3v) is 3.58. The van der Waals surface area contributed by atoms with Crippen LogP contribution >= 0.6 is 0 Å². The van der Waals surface area contributed by atoms with Gasteiger partial charge in [-0.3, -0.25) is 0 Å². The van der Waals surface area contributed by atoms with Gasteiger partial charge >= 0.3 is 0 Å². The molecular weight excluding hydrogens is 224 g/mol. The predicted octanol–water partition coefficient (Wildman–Crippen LogP) is 2.47. The molecule has 0 saturated heterocycles. The highest BCUT2D eigenvalue weighted by Crippen LogP contribution is 2.21. The minimum absolute atomic E-state index is 0.212. The maximum atomic E-state index is 4.28. The minimum atomic E-state index is 0.212. The number of rotatable bonds is 3. The van der Waals surface area contributed by atoms with Gasteiger partial charge in [0.25, 0.3) is 0 Å². The zero-order chi connectivity index (χ0) is 13.3. The van der Waals surface area contributed by atoms with Gasteiger partial charge in [-0.1, -0.05) is 17.3 Å². The summed E-state index contributed by atoms with van der Waals surface area (Å²) < 4.78 is 1.92. The lowest BCUT2D eigenvalue weighted by atomic mass is 10.1. The molecule has 0 saturated carbocycles. The van der Waals surface area contributed by atoms with Crippen molar-refractivity contribution in [3.8, 4) is 5.69 Å². The average Bonchev–Trinajstić information content (AvgIpc) is 2.74. The van der Waals surface area contributed by atoms with Crippen molar-refractivity contribution in [1.29, 1.82) is 0 Å².